The molecular weight excluding hydrogens is 254 g/mol. The van der Waals surface area contributed by atoms with E-state index in [1.807, 2.05) is 0 Å². The molecule has 2 rings (SSSR count). The highest BCUT2D eigenvalue weighted by molar-refractivity contribution is 5.87. The van der Waals surface area contributed by atoms with E-state index in [-0.39, 0.29) is 11.5 Å². The van der Waals surface area contributed by atoms with Crippen molar-refractivity contribution in [3.05, 3.63) is 47.5 Å². The molecule has 0 radical (unpaired) electrons. The van der Waals surface area contributed by atoms with Gasteiger partial charge in [0.2, 0.25) is 5.91 Å². The van der Waals surface area contributed by atoms with Crippen LogP contribution < -0.4 is 5.32 Å². The van der Waals surface area contributed by atoms with Gasteiger partial charge in [0.15, 0.2) is 0 Å². The molecule has 0 saturated carbocycles. The van der Waals surface area contributed by atoms with E-state index < -0.39 is 5.97 Å². The maximum Gasteiger partial charge on any atom is 0.335 e. The quantitative estimate of drug-likeness (QED) is 0.811. The predicted molar refractivity (Wildman–Crippen MR) is 76.3 cm³/mol. The van der Waals surface area contributed by atoms with Crippen LogP contribution in [-0.4, -0.2) is 17.0 Å². The second kappa shape index (κ2) is 6.89. The first-order chi connectivity index (χ1) is 9.65. The number of benzene rings is 1. The van der Waals surface area contributed by atoms with Crippen LogP contribution in [0, 0.1) is 5.92 Å². The van der Waals surface area contributed by atoms with E-state index in [1.54, 1.807) is 24.3 Å². The third kappa shape index (κ3) is 4.23. The molecule has 0 spiro atoms. The molecule has 1 aromatic rings. The minimum Gasteiger partial charge on any atom is -0.478 e. The number of rotatable bonds is 5. The lowest BCUT2D eigenvalue weighted by atomic mass is 9.91. The Labute approximate surface area is 118 Å². The Hall–Kier alpha value is -2.10. The number of hydrogen-bond acceptors (Lipinski definition) is 2. The molecule has 20 heavy (non-hydrogen) atoms. The van der Waals surface area contributed by atoms with Crippen molar-refractivity contribution in [1.29, 1.82) is 0 Å². The van der Waals surface area contributed by atoms with Crippen molar-refractivity contribution in [3.63, 3.8) is 0 Å². The molecule has 0 fully saturated rings. The first-order valence-corrected chi connectivity index (χ1v) is 6.89. The van der Waals surface area contributed by atoms with Gasteiger partial charge in [0, 0.05) is 13.0 Å². The summed E-state index contributed by atoms with van der Waals surface area (Å²) in [7, 11) is 0. The second-order valence-electron chi connectivity index (χ2n) is 5.13. The normalized spacial score (nSPS) is 17.7. The predicted octanol–water partition coefficient (Wildman–Crippen LogP) is 2.75. The molecule has 1 unspecified atom stereocenters. The fraction of sp³-hybridized carbons (Fsp3) is 0.375. The molecule has 1 aliphatic carbocycles. The van der Waals surface area contributed by atoms with E-state index in [9.17, 15) is 9.59 Å². The summed E-state index contributed by atoms with van der Waals surface area (Å²) >= 11 is 0. The van der Waals surface area contributed by atoms with Crippen LogP contribution in [0.3, 0.4) is 0 Å². The van der Waals surface area contributed by atoms with Crippen molar-refractivity contribution in [2.75, 3.05) is 0 Å². The Morgan fingerprint density at radius 3 is 2.55 bits per heavy atom. The summed E-state index contributed by atoms with van der Waals surface area (Å²) < 4.78 is 0. The van der Waals surface area contributed by atoms with Gasteiger partial charge in [0.25, 0.3) is 0 Å². The highest BCUT2D eigenvalue weighted by atomic mass is 16.4. The molecule has 1 aromatic carbocycles. The maximum atomic E-state index is 11.8. The number of hydrogen-bond donors (Lipinski definition) is 2. The average Bonchev–Trinajstić information content (AvgIpc) is 2.46. The van der Waals surface area contributed by atoms with Crippen molar-refractivity contribution in [1.82, 2.24) is 5.32 Å². The lowest BCUT2D eigenvalue weighted by Crippen LogP contribution is -2.25. The number of carboxylic acids is 1. The van der Waals surface area contributed by atoms with E-state index in [0.29, 0.717) is 18.9 Å². The van der Waals surface area contributed by atoms with Gasteiger partial charge in [-0.05, 0) is 42.9 Å². The van der Waals surface area contributed by atoms with E-state index in [0.717, 1.165) is 24.8 Å². The summed E-state index contributed by atoms with van der Waals surface area (Å²) in [5, 5.41) is 11.7. The van der Waals surface area contributed by atoms with Crippen LogP contribution in [-0.2, 0) is 11.3 Å². The van der Waals surface area contributed by atoms with Crippen LogP contribution in [0.1, 0.15) is 41.6 Å². The molecule has 1 aliphatic rings. The molecule has 0 bridgehead atoms. The van der Waals surface area contributed by atoms with E-state index >= 15 is 0 Å². The van der Waals surface area contributed by atoms with Gasteiger partial charge in [-0.3, -0.25) is 4.79 Å². The number of carbonyl (C=O) groups excluding carboxylic acids is 1. The molecule has 4 nitrogen and oxygen atoms in total. The van der Waals surface area contributed by atoms with Crippen LogP contribution >= 0.6 is 0 Å². The van der Waals surface area contributed by atoms with Crippen LogP contribution in [0.5, 0.6) is 0 Å². The zero-order chi connectivity index (χ0) is 14.4. The number of carboxylic acid groups (broad SMARTS) is 1. The summed E-state index contributed by atoms with van der Waals surface area (Å²) in [6.45, 7) is 0.446. The smallest absolute Gasteiger partial charge is 0.335 e. The molecule has 4 heteroatoms. The number of nitrogens with one attached hydrogen (secondary N) is 1. The molecule has 1 amide bonds. The molecule has 0 saturated heterocycles. The Bertz CT molecular complexity index is 505. The Morgan fingerprint density at radius 1 is 1.20 bits per heavy atom. The zero-order valence-corrected chi connectivity index (χ0v) is 11.3. The summed E-state index contributed by atoms with van der Waals surface area (Å²) in [5.74, 6) is -0.423. The van der Waals surface area contributed by atoms with E-state index in [1.165, 1.54) is 0 Å². The van der Waals surface area contributed by atoms with Gasteiger partial charge in [-0.15, -0.1) is 0 Å². The molecule has 106 valence electrons. The average molecular weight is 273 g/mol. The standard InChI is InChI=1S/C16H19NO3/c18-15(10-12-4-2-1-3-5-12)17-11-13-6-8-14(9-7-13)16(19)20/h1-2,6-9,12H,3-5,10-11H2,(H,17,18)(H,19,20). The van der Waals surface area contributed by atoms with Crippen LogP contribution in [0.4, 0.5) is 0 Å². The van der Waals surface area contributed by atoms with Gasteiger partial charge in [-0.2, -0.15) is 0 Å². The van der Waals surface area contributed by atoms with Crippen LogP contribution in [0.15, 0.2) is 36.4 Å². The number of allylic oxidation sites excluding steroid dienone is 2. The highest BCUT2D eigenvalue weighted by Crippen LogP contribution is 2.21. The number of carbonyl (C=O) groups is 2. The highest BCUT2D eigenvalue weighted by Gasteiger charge is 2.14. The third-order valence-corrected chi connectivity index (χ3v) is 3.54. The Morgan fingerprint density at radius 2 is 1.95 bits per heavy atom. The van der Waals surface area contributed by atoms with Crippen molar-refractivity contribution in [2.45, 2.75) is 32.2 Å². The summed E-state index contributed by atoms with van der Waals surface area (Å²) in [4.78, 5) is 22.6. The topological polar surface area (TPSA) is 66.4 Å². The first-order valence-electron chi connectivity index (χ1n) is 6.89. The molecular formula is C16H19NO3. The summed E-state index contributed by atoms with van der Waals surface area (Å²) in [5.41, 5.74) is 1.17. The van der Waals surface area contributed by atoms with Gasteiger partial charge in [0.1, 0.15) is 0 Å². The minimum absolute atomic E-state index is 0.0626. The van der Waals surface area contributed by atoms with Gasteiger partial charge in [-0.1, -0.05) is 24.3 Å². The van der Waals surface area contributed by atoms with E-state index in [2.05, 4.69) is 17.5 Å². The SMILES string of the molecule is O=C(CC1CC=CCC1)NCc1ccc(C(=O)O)cc1. The van der Waals surface area contributed by atoms with Gasteiger partial charge < -0.3 is 10.4 Å². The van der Waals surface area contributed by atoms with Gasteiger partial charge in [0.05, 0.1) is 5.56 Å². The lowest BCUT2D eigenvalue weighted by Gasteiger charge is -2.17. The zero-order valence-electron chi connectivity index (χ0n) is 11.3. The van der Waals surface area contributed by atoms with Gasteiger partial charge >= 0.3 is 5.97 Å². The van der Waals surface area contributed by atoms with Crippen LogP contribution in [0.25, 0.3) is 0 Å². The second-order valence-corrected chi connectivity index (χ2v) is 5.13. The van der Waals surface area contributed by atoms with Gasteiger partial charge in [-0.25, -0.2) is 4.79 Å². The molecule has 0 heterocycles. The molecule has 2 N–H and O–H groups in total. The molecule has 0 aliphatic heterocycles. The Balaban J connectivity index is 1.77. The Kier molecular flexibility index (Phi) is 4.93. The fourth-order valence-corrected chi connectivity index (χ4v) is 2.34. The fourth-order valence-electron chi connectivity index (χ4n) is 2.34. The number of amides is 1. The monoisotopic (exact) mass is 273 g/mol. The lowest BCUT2D eigenvalue weighted by molar-refractivity contribution is -0.122. The van der Waals surface area contributed by atoms with E-state index in [4.69, 9.17) is 5.11 Å². The maximum absolute atomic E-state index is 11.8. The largest absolute Gasteiger partial charge is 0.478 e. The molecule has 1 atom stereocenters. The van der Waals surface area contributed by atoms with Crippen molar-refractivity contribution < 1.29 is 14.7 Å². The van der Waals surface area contributed by atoms with Crippen molar-refractivity contribution in [3.8, 4) is 0 Å². The van der Waals surface area contributed by atoms with Crippen molar-refractivity contribution in [2.24, 2.45) is 5.92 Å². The summed E-state index contributed by atoms with van der Waals surface area (Å²) in [6, 6.07) is 6.56. The first kappa shape index (κ1) is 14.3. The summed E-state index contributed by atoms with van der Waals surface area (Å²) in [6.07, 6.45) is 8.01. The van der Waals surface area contributed by atoms with Crippen molar-refractivity contribution >= 4 is 11.9 Å². The van der Waals surface area contributed by atoms with Crippen LogP contribution in [0.2, 0.25) is 0 Å². The third-order valence-electron chi connectivity index (χ3n) is 3.54. The number of aromatic carboxylic acids is 1. The molecule has 0 aromatic heterocycles. The minimum atomic E-state index is -0.939.